The Morgan fingerprint density at radius 1 is 0.793 bits per heavy atom. The Balaban J connectivity index is 1.89. The SMILES string of the molecule is COc1ccc(C(=CCNS(=O)(=O)c2ccccc2)c2ccc(OC)cc2)cc1. The summed E-state index contributed by atoms with van der Waals surface area (Å²) in [6.45, 7) is 0.157. The van der Waals surface area contributed by atoms with Crippen LogP contribution in [0.1, 0.15) is 11.1 Å². The summed E-state index contributed by atoms with van der Waals surface area (Å²) in [7, 11) is -0.339. The van der Waals surface area contributed by atoms with E-state index in [1.54, 1.807) is 44.6 Å². The van der Waals surface area contributed by atoms with Crippen LogP contribution in [0, 0.1) is 0 Å². The lowest BCUT2D eigenvalue weighted by Gasteiger charge is -2.11. The van der Waals surface area contributed by atoms with Crippen LogP contribution < -0.4 is 14.2 Å². The molecule has 5 nitrogen and oxygen atoms in total. The van der Waals surface area contributed by atoms with Crippen LogP contribution in [0.15, 0.2) is 89.8 Å². The molecule has 0 aliphatic rings. The largest absolute Gasteiger partial charge is 0.497 e. The zero-order valence-electron chi connectivity index (χ0n) is 16.3. The molecule has 0 unspecified atom stereocenters. The first-order chi connectivity index (χ1) is 14.0. The van der Waals surface area contributed by atoms with Gasteiger partial charge in [0.1, 0.15) is 11.5 Å². The van der Waals surface area contributed by atoms with E-state index in [1.807, 2.05) is 54.6 Å². The first-order valence-corrected chi connectivity index (χ1v) is 10.6. The van der Waals surface area contributed by atoms with E-state index in [9.17, 15) is 8.42 Å². The van der Waals surface area contributed by atoms with Crippen LogP contribution in [-0.2, 0) is 10.0 Å². The maximum atomic E-state index is 12.5. The van der Waals surface area contributed by atoms with Gasteiger partial charge >= 0.3 is 0 Å². The van der Waals surface area contributed by atoms with Crippen molar-refractivity contribution in [1.82, 2.24) is 4.72 Å². The third-order valence-corrected chi connectivity index (χ3v) is 5.87. The predicted molar refractivity (Wildman–Crippen MR) is 115 cm³/mol. The summed E-state index contributed by atoms with van der Waals surface area (Å²) in [4.78, 5) is 0.240. The summed E-state index contributed by atoms with van der Waals surface area (Å²) in [5, 5.41) is 0. The zero-order chi connectivity index (χ0) is 20.7. The molecule has 0 spiro atoms. The third kappa shape index (κ3) is 5.25. The van der Waals surface area contributed by atoms with Crippen molar-refractivity contribution in [3.63, 3.8) is 0 Å². The lowest BCUT2D eigenvalue weighted by Crippen LogP contribution is -2.23. The van der Waals surface area contributed by atoms with Gasteiger partial charge in [0.05, 0.1) is 19.1 Å². The van der Waals surface area contributed by atoms with Crippen molar-refractivity contribution in [3.8, 4) is 11.5 Å². The molecule has 1 N–H and O–H groups in total. The standard InChI is InChI=1S/C23H23NO4S/c1-27-20-12-8-18(9-13-20)23(19-10-14-21(28-2)15-11-19)16-17-24-29(25,26)22-6-4-3-5-7-22/h3-16,24H,17H2,1-2H3. The monoisotopic (exact) mass is 409 g/mol. The van der Waals surface area contributed by atoms with Gasteiger partial charge in [-0.1, -0.05) is 48.5 Å². The maximum absolute atomic E-state index is 12.5. The number of methoxy groups -OCH3 is 2. The number of ether oxygens (including phenoxy) is 2. The normalized spacial score (nSPS) is 11.0. The number of sulfonamides is 1. The minimum absolute atomic E-state index is 0.157. The fourth-order valence-corrected chi connectivity index (χ4v) is 3.86. The quantitative estimate of drug-likeness (QED) is 0.608. The summed E-state index contributed by atoms with van der Waals surface area (Å²) in [6.07, 6.45) is 1.87. The first-order valence-electron chi connectivity index (χ1n) is 9.07. The molecule has 0 amide bonds. The first kappa shape index (κ1) is 20.6. The Hall–Kier alpha value is -3.09. The van der Waals surface area contributed by atoms with Gasteiger partial charge in [-0.15, -0.1) is 0 Å². The fraction of sp³-hybridized carbons (Fsp3) is 0.130. The van der Waals surface area contributed by atoms with Crippen LogP contribution in [0.2, 0.25) is 0 Å². The van der Waals surface area contributed by atoms with Gasteiger partial charge in [0.25, 0.3) is 0 Å². The van der Waals surface area contributed by atoms with E-state index in [4.69, 9.17) is 9.47 Å². The average molecular weight is 410 g/mol. The smallest absolute Gasteiger partial charge is 0.240 e. The molecule has 3 rings (SSSR count). The van der Waals surface area contributed by atoms with Crippen molar-refractivity contribution in [2.24, 2.45) is 0 Å². The molecule has 150 valence electrons. The molecule has 0 saturated carbocycles. The zero-order valence-corrected chi connectivity index (χ0v) is 17.1. The second-order valence-electron chi connectivity index (χ2n) is 6.24. The van der Waals surface area contributed by atoms with E-state index in [1.165, 1.54) is 0 Å². The third-order valence-electron chi connectivity index (χ3n) is 4.44. The highest BCUT2D eigenvalue weighted by Gasteiger charge is 2.12. The van der Waals surface area contributed by atoms with E-state index < -0.39 is 10.0 Å². The molecule has 3 aromatic rings. The van der Waals surface area contributed by atoms with Crippen LogP contribution in [-0.4, -0.2) is 29.2 Å². The van der Waals surface area contributed by atoms with Crippen LogP contribution >= 0.6 is 0 Å². The van der Waals surface area contributed by atoms with Crippen LogP contribution in [0.4, 0.5) is 0 Å². The minimum Gasteiger partial charge on any atom is -0.497 e. The van der Waals surface area contributed by atoms with Crippen molar-refractivity contribution < 1.29 is 17.9 Å². The van der Waals surface area contributed by atoms with Gasteiger partial charge in [-0.2, -0.15) is 0 Å². The molecule has 3 aromatic carbocycles. The van der Waals surface area contributed by atoms with Crippen LogP contribution in [0.5, 0.6) is 11.5 Å². The van der Waals surface area contributed by atoms with Crippen molar-refractivity contribution in [1.29, 1.82) is 0 Å². The van der Waals surface area contributed by atoms with Gasteiger partial charge in [-0.3, -0.25) is 0 Å². The molecule has 0 aliphatic heterocycles. The van der Waals surface area contributed by atoms with Crippen LogP contribution in [0.25, 0.3) is 5.57 Å². The Morgan fingerprint density at radius 2 is 1.28 bits per heavy atom. The Kier molecular flexibility index (Phi) is 6.69. The second kappa shape index (κ2) is 9.41. The highest BCUT2D eigenvalue weighted by atomic mass is 32.2. The summed E-state index contributed by atoms with van der Waals surface area (Å²) >= 11 is 0. The summed E-state index contributed by atoms with van der Waals surface area (Å²) < 4.78 is 38.1. The summed E-state index contributed by atoms with van der Waals surface area (Å²) in [6, 6.07) is 23.6. The Bertz CT molecular complexity index is 1010. The van der Waals surface area contributed by atoms with Crippen molar-refractivity contribution in [3.05, 3.63) is 96.1 Å². The number of rotatable bonds is 8. The summed E-state index contributed by atoms with van der Waals surface area (Å²) in [5.74, 6) is 1.51. The number of nitrogens with one attached hydrogen (secondary N) is 1. The highest BCUT2D eigenvalue weighted by Crippen LogP contribution is 2.26. The molecule has 0 bridgehead atoms. The molecule has 0 fully saturated rings. The minimum atomic E-state index is -3.58. The van der Waals surface area contributed by atoms with Gasteiger partial charge in [0, 0.05) is 6.54 Å². The number of hydrogen-bond donors (Lipinski definition) is 1. The van der Waals surface area contributed by atoms with E-state index >= 15 is 0 Å². The fourth-order valence-electron chi connectivity index (χ4n) is 2.88. The highest BCUT2D eigenvalue weighted by molar-refractivity contribution is 7.89. The van der Waals surface area contributed by atoms with E-state index in [-0.39, 0.29) is 11.4 Å². The molecule has 0 heterocycles. The molecule has 0 aliphatic carbocycles. The second-order valence-corrected chi connectivity index (χ2v) is 8.01. The van der Waals surface area contributed by atoms with Gasteiger partial charge in [-0.25, -0.2) is 13.1 Å². The molecule has 0 aromatic heterocycles. The molecule has 6 heteroatoms. The number of benzene rings is 3. The predicted octanol–water partition coefficient (Wildman–Crippen LogP) is 4.11. The molecular formula is C23H23NO4S. The molecule has 0 saturated heterocycles. The van der Waals surface area contributed by atoms with Gasteiger partial charge in [0.2, 0.25) is 10.0 Å². The molecule has 0 radical (unpaired) electrons. The lowest BCUT2D eigenvalue weighted by molar-refractivity contribution is 0.414. The maximum Gasteiger partial charge on any atom is 0.240 e. The van der Waals surface area contributed by atoms with Crippen molar-refractivity contribution >= 4 is 15.6 Å². The van der Waals surface area contributed by atoms with E-state index in [2.05, 4.69) is 4.72 Å². The Morgan fingerprint density at radius 3 is 1.72 bits per heavy atom. The molecule has 0 atom stereocenters. The number of hydrogen-bond acceptors (Lipinski definition) is 4. The van der Waals surface area contributed by atoms with E-state index in [0.717, 1.165) is 28.2 Å². The van der Waals surface area contributed by atoms with Gasteiger partial charge < -0.3 is 9.47 Å². The van der Waals surface area contributed by atoms with Gasteiger partial charge in [0.15, 0.2) is 0 Å². The van der Waals surface area contributed by atoms with E-state index in [0.29, 0.717) is 0 Å². The van der Waals surface area contributed by atoms with Crippen molar-refractivity contribution in [2.75, 3.05) is 20.8 Å². The topological polar surface area (TPSA) is 64.6 Å². The Labute approximate surface area is 171 Å². The van der Waals surface area contributed by atoms with Gasteiger partial charge in [-0.05, 0) is 53.1 Å². The van der Waals surface area contributed by atoms with Crippen LogP contribution in [0.3, 0.4) is 0 Å². The van der Waals surface area contributed by atoms with Crippen molar-refractivity contribution in [2.45, 2.75) is 4.90 Å². The molecule has 29 heavy (non-hydrogen) atoms. The average Bonchev–Trinajstić information content (AvgIpc) is 2.77. The lowest BCUT2D eigenvalue weighted by atomic mass is 9.97. The molecular weight excluding hydrogens is 386 g/mol. The summed E-state index contributed by atoms with van der Waals surface area (Å²) in [5.41, 5.74) is 2.82.